The summed E-state index contributed by atoms with van der Waals surface area (Å²) in [6, 6.07) is 9.23. The van der Waals surface area contributed by atoms with E-state index >= 15 is 0 Å². The lowest BCUT2D eigenvalue weighted by atomic mass is 10.1. The Labute approximate surface area is 194 Å². The van der Waals surface area contributed by atoms with Gasteiger partial charge in [-0.25, -0.2) is 0 Å². The SMILES string of the molecule is CCOc1ccc(NC(=NC)NCc2c(OC)cc(OC)cc2OC)cc1OC.I. The topological polar surface area (TPSA) is 82.6 Å². The molecule has 0 heterocycles. The summed E-state index contributed by atoms with van der Waals surface area (Å²) in [5.74, 6) is 3.89. The summed E-state index contributed by atoms with van der Waals surface area (Å²) in [6.45, 7) is 2.93. The Bertz CT molecular complexity index is 820. The predicted molar refractivity (Wildman–Crippen MR) is 129 cm³/mol. The second kappa shape index (κ2) is 12.9. The molecular weight excluding hydrogens is 501 g/mol. The van der Waals surface area contributed by atoms with E-state index in [0.29, 0.717) is 47.9 Å². The number of ether oxygens (including phenoxy) is 5. The van der Waals surface area contributed by atoms with Crippen molar-refractivity contribution in [3.05, 3.63) is 35.9 Å². The van der Waals surface area contributed by atoms with Gasteiger partial charge in [-0.1, -0.05) is 0 Å². The molecule has 0 saturated heterocycles. The van der Waals surface area contributed by atoms with Gasteiger partial charge >= 0.3 is 0 Å². The number of benzene rings is 2. The van der Waals surface area contributed by atoms with Gasteiger partial charge in [-0.2, -0.15) is 0 Å². The van der Waals surface area contributed by atoms with Crippen molar-refractivity contribution in [1.82, 2.24) is 5.32 Å². The van der Waals surface area contributed by atoms with Crippen LogP contribution >= 0.6 is 24.0 Å². The summed E-state index contributed by atoms with van der Waals surface area (Å²) < 4.78 is 27.2. The lowest BCUT2D eigenvalue weighted by Crippen LogP contribution is -2.30. The maximum Gasteiger partial charge on any atom is 0.195 e. The Kier molecular flexibility index (Phi) is 10.9. The third-order valence-electron chi connectivity index (χ3n) is 4.20. The lowest BCUT2D eigenvalue weighted by molar-refractivity contribution is 0.311. The largest absolute Gasteiger partial charge is 0.496 e. The third kappa shape index (κ3) is 6.48. The van der Waals surface area contributed by atoms with E-state index in [1.54, 1.807) is 35.5 Å². The molecule has 0 aliphatic carbocycles. The van der Waals surface area contributed by atoms with E-state index in [1.165, 1.54) is 0 Å². The number of rotatable bonds is 9. The maximum absolute atomic E-state index is 5.55. The van der Waals surface area contributed by atoms with Gasteiger partial charge in [-0.15, -0.1) is 24.0 Å². The standard InChI is InChI=1S/C21H29N3O5.HI/c1-7-29-17-9-8-14(10-20(17)28-6)24-21(22-2)23-13-16-18(26-4)11-15(25-3)12-19(16)27-5;/h8-12H,7,13H2,1-6H3,(H2,22,23,24);1H. The molecule has 0 aliphatic rings. The number of methoxy groups -OCH3 is 4. The number of anilines is 1. The van der Waals surface area contributed by atoms with Gasteiger partial charge in [0, 0.05) is 30.9 Å². The summed E-state index contributed by atoms with van der Waals surface area (Å²) in [7, 11) is 8.12. The monoisotopic (exact) mass is 531 g/mol. The van der Waals surface area contributed by atoms with Crippen LogP contribution in [0.15, 0.2) is 35.3 Å². The van der Waals surface area contributed by atoms with E-state index in [2.05, 4.69) is 15.6 Å². The van der Waals surface area contributed by atoms with Crippen LogP contribution in [0.3, 0.4) is 0 Å². The second-order valence-corrected chi connectivity index (χ2v) is 5.86. The summed E-state index contributed by atoms with van der Waals surface area (Å²) >= 11 is 0. The molecule has 9 heteroatoms. The first-order valence-electron chi connectivity index (χ1n) is 9.17. The van der Waals surface area contributed by atoms with Crippen LogP contribution in [0.2, 0.25) is 0 Å². The number of halogens is 1. The molecular formula is C21H30IN3O5. The van der Waals surface area contributed by atoms with Gasteiger partial charge in [0.05, 0.1) is 47.2 Å². The minimum atomic E-state index is 0. The first-order chi connectivity index (χ1) is 14.1. The van der Waals surface area contributed by atoms with Crippen molar-refractivity contribution in [1.29, 1.82) is 0 Å². The highest BCUT2D eigenvalue weighted by molar-refractivity contribution is 14.0. The van der Waals surface area contributed by atoms with Gasteiger partial charge in [-0.3, -0.25) is 4.99 Å². The van der Waals surface area contributed by atoms with E-state index in [1.807, 2.05) is 37.3 Å². The van der Waals surface area contributed by atoms with Crippen LogP contribution in [0.25, 0.3) is 0 Å². The summed E-state index contributed by atoms with van der Waals surface area (Å²) in [6.07, 6.45) is 0. The fourth-order valence-corrected chi connectivity index (χ4v) is 2.76. The van der Waals surface area contributed by atoms with Crippen LogP contribution < -0.4 is 34.3 Å². The molecule has 0 unspecified atom stereocenters. The molecule has 0 radical (unpaired) electrons. The normalized spacial score (nSPS) is 10.5. The van der Waals surface area contributed by atoms with Crippen LogP contribution in [0.4, 0.5) is 5.69 Å². The minimum absolute atomic E-state index is 0. The molecule has 0 amide bonds. The Balaban J connectivity index is 0.00000450. The zero-order valence-electron chi connectivity index (χ0n) is 18.2. The minimum Gasteiger partial charge on any atom is -0.496 e. The van der Waals surface area contributed by atoms with Crippen LogP contribution in [-0.4, -0.2) is 48.1 Å². The maximum atomic E-state index is 5.55. The van der Waals surface area contributed by atoms with Crippen molar-refractivity contribution in [3.63, 3.8) is 0 Å². The van der Waals surface area contributed by atoms with Gasteiger partial charge in [-0.05, 0) is 19.1 Å². The Morgan fingerprint density at radius 3 is 2.00 bits per heavy atom. The van der Waals surface area contributed by atoms with E-state index in [4.69, 9.17) is 23.7 Å². The van der Waals surface area contributed by atoms with Crippen molar-refractivity contribution >= 4 is 35.6 Å². The van der Waals surface area contributed by atoms with E-state index in [0.717, 1.165) is 11.3 Å². The summed E-state index contributed by atoms with van der Waals surface area (Å²) in [5, 5.41) is 6.50. The number of guanidine groups is 1. The van der Waals surface area contributed by atoms with Crippen molar-refractivity contribution in [2.45, 2.75) is 13.5 Å². The smallest absolute Gasteiger partial charge is 0.195 e. The summed E-state index contributed by atoms with van der Waals surface area (Å²) in [4.78, 5) is 4.27. The molecule has 166 valence electrons. The van der Waals surface area contributed by atoms with Crippen molar-refractivity contribution in [3.8, 4) is 28.7 Å². The van der Waals surface area contributed by atoms with E-state index in [-0.39, 0.29) is 24.0 Å². The molecule has 0 saturated carbocycles. The molecule has 0 spiro atoms. The summed E-state index contributed by atoms with van der Waals surface area (Å²) in [5.41, 5.74) is 1.66. The number of aliphatic imine (C=N–C) groups is 1. The Morgan fingerprint density at radius 2 is 1.50 bits per heavy atom. The van der Waals surface area contributed by atoms with Crippen LogP contribution in [-0.2, 0) is 6.54 Å². The molecule has 0 aromatic heterocycles. The Hall–Kier alpha value is -2.56. The molecule has 0 fully saturated rings. The van der Waals surface area contributed by atoms with Gasteiger partial charge < -0.3 is 34.3 Å². The fraction of sp³-hybridized carbons (Fsp3) is 0.381. The number of hydrogen-bond acceptors (Lipinski definition) is 6. The molecule has 2 N–H and O–H groups in total. The highest BCUT2D eigenvalue weighted by atomic mass is 127. The molecule has 8 nitrogen and oxygen atoms in total. The number of nitrogens with zero attached hydrogens (tertiary/aromatic N) is 1. The first-order valence-corrected chi connectivity index (χ1v) is 9.17. The average Bonchev–Trinajstić information content (AvgIpc) is 2.76. The van der Waals surface area contributed by atoms with Gasteiger partial charge in [0.2, 0.25) is 0 Å². The third-order valence-corrected chi connectivity index (χ3v) is 4.20. The second-order valence-electron chi connectivity index (χ2n) is 5.86. The van der Waals surface area contributed by atoms with Crippen LogP contribution in [0, 0.1) is 0 Å². The lowest BCUT2D eigenvalue weighted by Gasteiger charge is -2.18. The number of hydrogen-bond donors (Lipinski definition) is 2. The molecule has 30 heavy (non-hydrogen) atoms. The van der Waals surface area contributed by atoms with E-state index in [9.17, 15) is 0 Å². The highest BCUT2D eigenvalue weighted by Crippen LogP contribution is 2.34. The Morgan fingerprint density at radius 1 is 0.867 bits per heavy atom. The van der Waals surface area contributed by atoms with Gasteiger partial charge in [0.25, 0.3) is 0 Å². The highest BCUT2D eigenvalue weighted by Gasteiger charge is 2.14. The van der Waals surface area contributed by atoms with Gasteiger partial charge in [0.1, 0.15) is 17.2 Å². The molecule has 0 atom stereocenters. The fourth-order valence-electron chi connectivity index (χ4n) is 2.76. The predicted octanol–water partition coefficient (Wildman–Crippen LogP) is 3.93. The van der Waals surface area contributed by atoms with Crippen molar-refractivity contribution in [2.24, 2.45) is 4.99 Å². The molecule has 0 aliphatic heterocycles. The molecule has 2 rings (SSSR count). The van der Waals surface area contributed by atoms with Crippen LogP contribution in [0.1, 0.15) is 12.5 Å². The average molecular weight is 531 g/mol. The molecule has 0 bridgehead atoms. The molecule has 2 aromatic rings. The zero-order chi connectivity index (χ0) is 21.2. The van der Waals surface area contributed by atoms with Crippen molar-refractivity contribution < 1.29 is 23.7 Å². The first kappa shape index (κ1) is 25.5. The quantitative estimate of drug-likeness (QED) is 0.288. The number of nitrogens with one attached hydrogen (secondary N) is 2. The zero-order valence-corrected chi connectivity index (χ0v) is 20.5. The van der Waals surface area contributed by atoms with Crippen molar-refractivity contribution in [2.75, 3.05) is 47.4 Å². The molecule has 2 aromatic carbocycles. The van der Waals surface area contributed by atoms with Crippen LogP contribution in [0.5, 0.6) is 28.7 Å². The van der Waals surface area contributed by atoms with Gasteiger partial charge in [0.15, 0.2) is 17.5 Å². The van der Waals surface area contributed by atoms with E-state index < -0.39 is 0 Å².